The van der Waals surface area contributed by atoms with Crippen molar-refractivity contribution in [3.8, 4) is 11.8 Å². The maximum atomic E-state index is 9.61. The molecule has 0 aliphatic rings. The topological polar surface area (TPSA) is 70.0 Å². The molecule has 0 radical (unpaired) electrons. The fourth-order valence-electron chi connectivity index (χ4n) is 1.19. The van der Waals surface area contributed by atoms with Gasteiger partial charge in [0.2, 0.25) is 0 Å². The van der Waals surface area contributed by atoms with Crippen LogP contribution in [0.3, 0.4) is 0 Å². The molecule has 3 nitrogen and oxygen atoms in total. The van der Waals surface area contributed by atoms with Gasteiger partial charge in [-0.1, -0.05) is 18.2 Å². The number of nitrogens with two attached hydrogens (primary N) is 1. The summed E-state index contributed by atoms with van der Waals surface area (Å²) in [6, 6.07) is 6.94. The highest BCUT2D eigenvalue weighted by atomic mass is 16.3. The Balaban J connectivity index is 3.02. The quantitative estimate of drug-likeness (QED) is 0.719. The number of benzene rings is 1. The van der Waals surface area contributed by atoms with Crippen LogP contribution in [0, 0.1) is 18.3 Å². The van der Waals surface area contributed by atoms with E-state index in [1.54, 1.807) is 19.1 Å². The highest BCUT2D eigenvalue weighted by Gasteiger charge is 2.10. The summed E-state index contributed by atoms with van der Waals surface area (Å²) < 4.78 is 0. The molecule has 0 aliphatic carbocycles. The smallest absolute Gasteiger partial charge is 0.123 e. The molecule has 1 aromatic rings. The first-order chi connectivity index (χ1) is 6.16. The van der Waals surface area contributed by atoms with E-state index in [2.05, 4.69) is 0 Å². The fourth-order valence-corrected chi connectivity index (χ4v) is 1.19. The van der Waals surface area contributed by atoms with Crippen molar-refractivity contribution in [2.45, 2.75) is 19.4 Å². The summed E-state index contributed by atoms with van der Waals surface area (Å²) in [6.07, 6.45) is 0.219. The van der Waals surface area contributed by atoms with Gasteiger partial charge in [0.25, 0.3) is 0 Å². The number of rotatable bonds is 2. The van der Waals surface area contributed by atoms with E-state index in [4.69, 9.17) is 11.0 Å². The van der Waals surface area contributed by atoms with Gasteiger partial charge in [-0.3, -0.25) is 0 Å². The maximum Gasteiger partial charge on any atom is 0.123 e. The molecule has 0 spiro atoms. The van der Waals surface area contributed by atoms with Gasteiger partial charge in [-0.25, -0.2) is 0 Å². The molecule has 0 aliphatic heterocycles. The zero-order valence-corrected chi connectivity index (χ0v) is 7.49. The third kappa shape index (κ3) is 1.98. The SMILES string of the molecule is Cc1cccc(C(N)CC#N)c1O. The van der Waals surface area contributed by atoms with Crippen LogP contribution in [-0.2, 0) is 0 Å². The molecule has 1 atom stereocenters. The van der Waals surface area contributed by atoms with E-state index in [1.807, 2.05) is 12.1 Å². The predicted molar refractivity (Wildman–Crippen MR) is 50.0 cm³/mol. The molecule has 0 fully saturated rings. The number of hydrogen-bond donors (Lipinski definition) is 2. The Morgan fingerprint density at radius 3 is 2.92 bits per heavy atom. The Labute approximate surface area is 77.4 Å². The summed E-state index contributed by atoms with van der Waals surface area (Å²) in [7, 11) is 0. The minimum absolute atomic E-state index is 0.199. The molecule has 3 N–H and O–H groups in total. The van der Waals surface area contributed by atoms with Gasteiger partial charge in [0, 0.05) is 11.6 Å². The Bertz CT molecular complexity index is 341. The lowest BCUT2D eigenvalue weighted by molar-refractivity contribution is 0.458. The van der Waals surface area contributed by atoms with E-state index in [0.29, 0.717) is 5.56 Å². The summed E-state index contributed by atoms with van der Waals surface area (Å²) >= 11 is 0. The van der Waals surface area contributed by atoms with Crippen molar-refractivity contribution in [2.75, 3.05) is 0 Å². The number of phenols is 1. The van der Waals surface area contributed by atoms with Crippen molar-refractivity contribution >= 4 is 0 Å². The third-order valence-corrected chi connectivity index (χ3v) is 1.98. The minimum atomic E-state index is -0.398. The first kappa shape index (κ1) is 9.56. The molecule has 0 heterocycles. The van der Waals surface area contributed by atoms with E-state index in [9.17, 15) is 5.11 Å². The van der Waals surface area contributed by atoms with E-state index in [1.165, 1.54) is 0 Å². The lowest BCUT2D eigenvalue weighted by Gasteiger charge is -2.11. The number of aromatic hydroxyl groups is 1. The molecule has 1 rings (SSSR count). The lowest BCUT2D eigenvalue weighted by Crippen LogP contribution is -2.09. The lowest BCUT2D eigenvalue weighted by atomic mass is 10.0. The van der Waals surface area contributed by atoms with Crippen molar-refractivity contribution in [3.63, 3.8) is 0 Å². The van der Waals surface area contributed by atoms with Gasteiger partial charge in [0.05, 0.1) is 12.5 Å². The van der Waals surface area contributed by atoms with Crippen molar-refractivity contribution < 1.29 is 5.11 Å². The zero-order chi connectivity index (χ0) is 9.84. The molecule has 13 heavy (non-hydrogen) atoms. The van der Waals surface area contributed by atoms with Crippen LogP contribution in [0.5, 0.6) is 5.75 Å². The summed E-state index contributed by atoms with van der Waals surface area (Å²) in [6.45, 7) is 1.80. The zero-order valence-electron chi connectivity index (χ0n) is 7.49. The molecular formula is C10H12N2O. The molecule has 0 aromatic heterocycles. The Kier molecular flexibility index (Phi) is 2.88. The standard InChI is InChI=1S/C10H12N2O/c1-7-3-2-4-8(10(7)13)9(12)5-6-11/h2-4,9,13H,5,12H2,1H3. The molecule has 1 aromatic carbocycles. The van der Waals surface area contributed by atoms with Gasteiger partial charge in [-0.2, -0.15) is 5.26 Å². The van der Waals surface area contributed by atoms with Gasteiger partial charge in [0.1, 0.15) is 5.75 Å². The number of phenolic OH excluding ortho intramolecular Hbond substituents is 1. The molecule has 0 saturated carbocycles. The molecule has 3 heteroatoms. The van der Waals surface area contributed by atoms with Crippen LogP contribution in [0.2, 0.25) is 0 Å². The summed E-state index contributed by atoms with van der Waals surface area (Å²) in [5.74, 6) is 0.199. The average Bonchev–Trinajstić information content (AvgIpc) is 2.10. The first-order valence-corrected chi connectivity index (χ1v) is 4.08. The van der Waals surface area contributed by atoms with E-state index < -0.39 is 6.04 Å². The van der Waals surface area contributed by atoms with Gasteiger partial charge in [-0.15, -0.1) is 0 Å². The summed E-state index contributed by atoms with van der Waals surface area (Å²) in [4.78, 5) is 0. The van der Waals surface area contributed by atoms with Crippen LogP contribution >= 0.6 is 0 Å². The van der Waals surface area contributed by atoms with Gasteiger partial charge in [0.15, 0.2) is 0 Å². The second kappa shape index (κ2) is 3.92. The second-order valence-electron chi connectivity index (χ2n) is 2.98. The van der Waals surface area contributed by atoms with Gasteiger partial charge in [-0.05, 0) is 12.5 Å². The first-order valence-electron chi connectivity index (χ1n) is 4.08. The van der Waals surface area contributed by atoms with Crippen LogP contribution in [0.15, 0.2) is 18.2 Å². The van der Waals surface area contributed by atoms with Crippen LogP contribution in [0.4, 0.5) is 0 Å². The number of nitriles is 1. The van der Waals surface area contributed by atoms with Gasteiger partial charge < -0.3 is 10.8 Å². The second-order valence-corrected chi connectivity index (χ2v) is 2.98. The third-order valence-electron chi connectivity index (χ3n) is 1.98. The van der Waals surface area contributed by atoms with Crippen LogP contribution in [-0.4, -0.2) is 5.11 Å². The maximum absolute atomic E-state index is 9.61. The van der Waals surface area contributed by atoms with Crippen molar-refractivity contribution in [1.82, 2.24) is 0 Å². The highest BCUT2D eigenvalue weighted by Crippen LogP contribution is 2.27. The van der Waals surface area contributed by atoms with E-state index in [-0.39, 0.29) is 12.2 Å². The normalized spacial score (nSPS) is 12.1. The minimum Gasteiger partial charge on any atom is -0.507 e. The fraction of sp³-hybridized carbons (Fsp3) is 0.300. The number of aryl methyl sites for hydroxylation is 1. The van der Waals surface area contributed by atoms with Crippen molar-refractivity contribution in [1.29, 1.82) is 5.26 Å². The number of nitrogens with zero attached hydrogens (tertiary/aromatic N) is 1. The highest BCUT2D eigenvalue weighted by molar-refractivity contribution is 5.41. The number of para-hydroxylation sites is 1. The Hall–Kier alpha value is -1.53. The van der Waals surface area contributed by atoms with E-state index in [0.717, 1.165) is 5.56 Å². The van der Waals surface area contributed by atoms with Crippen LogP contribution in [0.25, 0.3) is 0 Å². The largest absolute Gasteiger partial charge is 0.507 e. The molecule has 0 bridgehead atoms. The average molecular weight is 176 g/mol. The molecular weight excluding hydrogens is 164 g/mol. The summed E-state index contributed by atoms with van der Waals surface area (Å²) in [5, 5.41) is 18.1. The molecule has 1 unspecified atom stereocenters. The number of hydrogen-bond acceptors (Lipinski definition) is 3. The van der Waals surface area contributed by atoms with E-state index >= 15 is 0 Å². The Morgan fingerprint density at radius 2 is 2.31 bits per heavy atom. The van der Waals surface area contributed by atoms with Crippen LogP contribution < -0.4 is 5.73 Å². The molecule has 0 amide bonds. The molecule has 68 valence electrons. The van der Waals surface area contributed by atoms with Crippen LogP contribution in [0.1, 0.15) is 23.6 Å². The van der Waals surface area contributed by atoms with Gasteiger partial charge >= 0.3 is 0 Å². The van der Waals surface area contributed by atoms with Crippen molar-refractivity contribution in [2.24, 2.45) is 5.73 Å². The monoisotopic (exact) mass is 176 g/mol. The predicted octanol–water partition coefficient (Wildman–Crippen LogP) is 1.61. The summed E-state index contributed by atoms with van der Waals surface area (Å²) in [5.41, 5.74) is 7.12. The van der Waals surface area contributed by atoms with Crippen molar-refractivity contribution in [3.05, 3.63) is 29.3 Å². The Morgan fingerprint density at radius 1 is 1.62 bits per heavy atom. The molecule has 0 saturated heterocycles.